The van der Waals surface area contributed by atoms with Gasteiger partial charge in [-0.2, -0.15) is 0 Å². The summed E-state index contributed by atoms with van der Waals surface area (Å²) >= 11 is 0. The molecule has 0 bridgehead atoms. The van der Waals surface area contributed by atoms with Crippen LogP contribution >= 0.6 is 0 Å². The Kier molecular flexibility index (Phi) is 5.19. The maximum Gasteiger partial charge on any atom is 0.323 e. The van der Waals surface area contributed by atoms with Gasteiger partial charge in [-0.05, 0) is 45.6 Å². The topological polar surface area (TPSA) is 58.6 Å². The summed E-state index contributed by atoms with van der Waals surface area (Å²) in [7, 11) is 0. The minimum Gasteiger partial charge on any atom is -0.465 e. The lowest BCUT2D eigenvalue weighted by Crippen LogP contribution is -2.55. The van der Waals surface area contributed by atoms with Crippen LogP contribution in [-0.2, 0) is 14.3 Å². The van der Waals surface area contributed by atoms with E-state index in [-0.39, 0.29) is 24.0 Å². The summed E-state index contributed by atoms with van der Waals surface area (Å²) in [6.45, 7) is 3.80. The van der Waals surface area contributed by atoms with Crippen molar-refractivity contribution in [3.05, 3.63) is 0 Å². The van der Waals surface area contributed by atoms with Gasteiger partial charge in [-0.3, -0.25) is 14.5 Å². The van der Waals surface area contributed by atoms with Crippen molar-refractivity contribution in [2.24, 2.45) is 0 Å². The summed E-state index contributed by atoms with van der Waals surface area (Å²) in [6.07, 6.45) is 5.81. The number of esters is 1. The van der Waals surface area contributed by atoms with Crippen LogP contribution in [0, 0.1) is 0 Å². The first-order chi connectivity index (χ1) is 9.24. The summed E-state index contributed by atoms with van der Waals surface area (Å²) in [4.78, 5) is 26.3. The Hall–Kier alpha value is -1.10. The molecule has 0 spiro atoms. The molecule has 2 rings (SSSR count). The zero-order valence-electron chi connectivity index (χ0n) is 11.7. The standard InChI is InChI=1S/C14H24N2O3/c1-2-19-14(18)12-8-4-6-10-16(12)11-7-3-5-9-15-13(11)17/h11-12H,2-10H2,1H3,(H,15,17). The Labute approximate surface area is 114 Å². The van der Waals surface area contributed by atoms with Crippen LogP contribution in [0.4, 0.5) is 0 Å². The van der Waals surface area contributed by atoms with Crippen LogP contribution in [0.1, 0.15) is 45.4 Å². The van der Waals surface area contributed by atoms with Gasteiger partial charge in [-0.25, -0.2) is 0 Å². The summed E-state index contributed by atoms with van der Waals surface area (Å²) in [5, 5.41) is 2.95. The number of nitrogens with one attached hydrogen (secondary N) is 1. The van der Waals surface area contributed by atoms with Gasteiger partial charge >= 0.3 is 5.97 Å². The zero-order chi connectivity index (χ0) is 13.7. The molecule has 5 nitrogen and oxygen atoms in total. The molecule has 2 aliphatic rings. The van der Waals surface area contributed by atoms with Crippen LogP contribution in [0.15, 0.2) is 0 Å². The molecule has 1 amide bonds. The fourth-order valence-corrected chi connectivity index (χ4v) is 3.06. The monoisotopic (exact) mass is 268 g/mol. The quantitative estimate of drug-likeness (QED) is 0.778. The van der Waals surface area contributed by atoms with Gasteiger partial charge < -0.3 is 10.1 Å². The van der Waals surface area contributed by atoms with Crippen molar-refractivity contribution in [2.45, 2.75) is 57.5 Å². The molecule has 0 aromatic rings. The average Bonchev–Trinajstić information content (AvgIpc) is 2.64. The van der Waals surface area contributed by atoms with Gasteiger partial charge in [0, 0.05) is 6.54 Å². The highest BCUT2D eigenvalue weighted by atomic mass is 16.5. The minimum atomic E-state index is -0.234. The van der Waals surface area contributed by atoms with Crippen LogP contribution in [-0.4, -0.2) is 48.6 Å². The summed E-state index contributed by atoms with van der Waals surface area (Å²) in [5.74, 6) is -0.0899. The molecule has 19 heavy (non-hydrogen) atoms. The van der Waals surface area contributed by atoms with E-state index < -0.39 is 0 Å². The van der Waals surface area contributed by atoms with Crippen molar-refractivity contribution in [1.82, 2.24) is 10.2 Å². The van der Waals surface area contributed by atoms with Crippen molar-refractivity contribution in [3.8, 4) is 0 Å². The van der Waals surface area contributed by atoms with Crippen LogP contribution in [0.25, 0.3) is 0 Å². The number of nitrogens with zero attached hydrogens (tertiary/aromatic N) is 1. The SMILES string of the molecule is CCOC(=O)C1CCCCN1C1CCCCNC1=O. The molecule has 2 fully saturated rings. The molecule has 108 valence electrons. The van der Waals surface area contributed by atoms with Crippen molar-refractivity contribution >= 4 is 11.9 Å². The van der Waals surface area contributed by atoms with E-state index in [2.05, 4.69) is 10.2 Å². The van der Waals surface area contributed by atoms with Gasteiger partial charge in [0.2, 0.25) is 5.91 Å². The number of carbonyl (C=O) groups excluding carboxylic acids is 2. The molecule has 0 aromatic heterocycles. The first kappa shape index (κ1) is 14.3. The molecular formula is C14H24N2O3. The highest BCUT2D eigenvalue weighted by molar-refractivity contribution is 5.83. The molecule has 0 saturated carbocycles. The smallest absolute Gasteiger partial charge is 0.323 e. The lowest BCUT2D eigenvalue weighted by Gasteiger charge is -2.38. The van der Waals surface area contributed by atoms with Crippen molar-refractivity contribution in [3.63, 3.8) is 0 Å². The second kappa shape index (κ2) is 6.89. The third-order valence-electron chi connectivity index (χ3n) is 4.01. The molecule has 5 heteroatoms. The van der Waals surface area contributed by atoms with Gasteiger partial charge in [0.15, 0.2) is 0 Å². The summed E-state index contributed by atoms with van der Waals surface area (Å²) in [6, 6.07) is -0.389. The third kappa shape index (κ3) is 3.47. The van der Waals surface area contributed by atoms with Gasteiger partial charge in [-0.15, -0.1) is 0 Å². The van der Waals surface area contributed by atoms with Crippen molar-refractivity contribution in [2.75, 3.05) is 19.7 Å². The van der Waals surface area contributed by atoms with Gasteiger partial charge in [0.05, 0.1) is 12.6 Å². The highest BCUT2D eigenvalue weighted by Gasteiger charge is 2.37. The Balaban J connectivity index is 2.08. The predicted molar refractivity (Wildman–Crippen MR) is 71.6 cm³/mol. The highest BCUT2D eigenvalue weighted by Crippen LogP contribution is 2.24. The molecule has 2 unspecified atom stereocenters. The van der Waals surface area contributed by atoms with Crippen LogP contribution in [0.3, 0.4) is 0 Å². The van der Waals surface area contributed by atoms with Gasteiger partial charge in [0.25, 0.3) is 0 Å². The molecule has 2 saturated heterocycles. The number of rotatable bonds is 3. The number of amides is 1. The van der Waals surface area contributed by atoms with E-state index in [1.807, 2.05) is 6.92 Å². The fourth-order valence-electron chi connectivity index (χ4n) is 3.06. The largest absolute Gasteiger partial charge is 0.465 e. The van der Waals surface area contributed by atoms with E-state index in [0.29, 0.717) is 6.61 Å². The average molecular weight is 268 g/mol. The molecule has 2 heterocycles. The minimum absolute atomic E-state index is 0.0775. The lowest BCUT2D eigenvalue weighted by molar-refractivity contribution is -0.153. The molecule has 0 aromatic carbocycles. The Morgan fingerprint density at radius 2 is 2.11 bits per heavy atom. The second-order valence-corrected chi connectivity index (χ2v) is 5.30. The normalized spacial score (nSPS) is 29.4. The maximum absolute atomic E-state index is 12.1. The Morgan fingerprint density at radius 3 is 2.89 bits per heavy atom. The summed E-state index contributed by atoms with van der Waals surface area (Å²) < 4.78 is 5.16. The van der Waals surface area contributed by atoms with E-state index in [1.54, 1.807) is 0 Å². The summed E-state index contributed by atoms with van der Waals surface area (Å²) in [5.41, 5.74) is 0. The maximum atomic E-state index is 12.1. The van der Waals surface area contributed by atoms with E-state index in [4.69, 9.17) is 4.74 Å². The molecule has 2 atom stereocenters. The van der Waals surface area contributed by atoms with Crippen LogP contribution < -0.4 is 5.32 Å². The first-order valence-electron chi connectivity index (χ1n) is 7.44. The lowest BCUT2D eigenvalue weighted by atomic mass is 9.97. The molecule has 0 radical (unpaired) electrons. The van der Waals surface area contributed by atoms with Crippen molar-refractivity contribution in [1.29, 1.82) is 0 Å². The number of hydrogen-bond acceptors (Lipinski definition) is 4. The van der Waals surface area contributed by atoms with E-state index in [0.717, 1.165) is 51.6 Å². The van der Waals surface area contributed by atoms with Crippen LogP contribution in [0.2, 0.25) is 0 Å². The Bertz CT molecular complexity index is 333. The van der Waals surface area contributed by atoms with Gasteiger partial charge in [0.1, 0.15) is 6.04 Å². The number of hydrogen-bond donors (Lipinski definition) is 1. The number of likely N-dealkylation sites (tertiary alicyclic amines) is 1. The number of carbonyl (C=O) groups is 2. The predicted octanol–water partition coefficient (Wildman–Crippen LogP) is 1.07. The van der Waals surface area contributed by atoms with E-state index >= 15 is 0 Å². The molecular weight excluding hydrogens is 244 g/mol. The molecule has 0 aliphatic carbocycles. The number of ether oxygens (including phenoxy) is 1. The van der Waals surface area contributed by atoms with Crippen LogP contribution in [0.5, 0.6) is 0 Å². The van der Waals surface area contributed by atoms with Gasteiger partial charge in [-0.1, -0.05) is 6.42 Å². The fraction of sp³-hybridized carbons (Fsp3) is 0.857. The zero-order valence-corrected chi connectivity index (χ0v) is 11.7. The second-order valence-electron chi connectivity index (χ2n) is 5.30. The third-order valence-corrected chi connectivity index (χ3v) is 4.01. The Morgan fingerprint density at radius 1 is 1.32 bits per heavy atom. The first-order valence-corrected chi connectivity index (χ1v) is 7.44. The molecule has 1 N–H and O–H groups in total. The molecule has 2 aliphatic heterocycles. The van der Waals surface area contributed by atoms with Crippen molar-refractivity contribution < 1.29 is 14.3 Å². The van der Waals surface area contributed by atoms with E-state index in [1.165, 1.54) is 0 Å². The number of piperidine rings is 1. The van der Waals surface area contributed by atoms with E-state index in [9.17, 15) is 9.59 Å².